The van der Waals surface area contributed by atoms with Gasteiger partial charge in [0.25, 0.3) is 11.6 Å². The predicted octanol–water partition coefficient (Wildman–Crippen LogP) is 3.46. The van der Waals surface area contributed by atoms with Gasteiger partial charge in [-0.3, -0.25) is 35.1 Å². The third kappa shape index (κ3) is 5.48. The molecule has 0 spiro atoms. The van der Waals surface area contributed by atoms with Crippen molar-refractivity contribution in [2.24, 2.45) is 0 Å². The Morgan fingerprint density at radius 3 is 2.68 bits per heavy atom. The highest BCUT2D eigenvalue weighted by atomic mass is 32.2. The van der Waals surface area contributed by atoms with E-state index in [1.54, 1.807) is 6.20 Å². The first kappa shape index (κ1) is 22.0. The van der Waals surface area contributed by atoms with Crippen LogP contribution in [0.1, 0.15) is 35.7 Å². The molecule has 0 atom stereocenters. The monoisotopic (exact) mass is 439 g/mol. The highest BCUT2D eigenvalue weighted by molar-refractivity contribution is 7.99. The number of hydrogen-bond acceptors (Lipinski definition) is 6. The van der Waals surface area contributed by atoms with Crippen LogP contribution in [-0.2, 0) is 4.79 Å². The van der Waals surface area contributed by atoms with Crippen molar-refractivity contribution in [3.8, 4) is 5.69 Å². The first-order chi connectivity index (χ1) is 14.9. The van der Waals surface area contributed by atoms with E-state index in [9.17, 15) is 19.7 Å². The fourth-order valence-corrected chi connectivity index (χ4v) is 3.67. The number of carbonyl (C=O) groups is 2. The summed E-state index contributed by atoms with van der Waals surface area (Å²) in [6.45, 7) is 4.22. The van der Waals surface area contributed by atoms with E-state index >= 15 is 0 Å². The van der Waals surface area contributed by atoms with Crippen LogP contribution < -0.4 is 10.9 Å². The molecule has 31 heavy (non-hydrogen) atoms. The Bertz CT molecular complexity index is 1110. The SMILES string of the molecule is CC(C)c1ccccc1-n1ccnc1SCC(=O)NNC(=O)c1cccc([N+](=O)[O-])c1. The van der Waals surface area contributed by atoms with Gasteiger partial charge in [-0.2, -0.15) is 0 Å². The number of hydrogen-bond donors (Lipinski definition) is 2. The van der Waals surface area contributed by atoms with Gasteiger partial charge < -0.3 is 0 Å². The van der Waals surface area contributed by atoms with Crippen molar-refractivity contribution in [1.82, 2.24) is 20.4 Å². The summed E-state index contributed by atoms with van der Waals surface area (Å²) in [6, 6.07) is 13.2. The Labute approximate surface area is 183 Å². The smallest absolute Gasteiger partial charge is 0.270 e. The van der Waals surface area contributed by atoms with Crippen molar-refractivity contribution in [3.05, 3.63) is 82.2 Å². The number of amides is 2. The van der Waals surface area contributed by atoms with Gasteiger partial charge in [0.05, 0.1) is 16.4 Å². The van der Waals surface area contributed by atoms with Crippen molar-refractivity contribution in [3.63, 3.8) is 0 Å². The van der Waals surface area contributed by atoms with E-state index in [1.165, 1.54) is 30.0 Å². The molecule has 0 aliphatic rings. The summed E-state index contributed by atoms with van der Waals surface area (Å²) < 4.78 is 1.93. The van der Waals surface area contributed by atoms with Gasteiger partial charge in [-0.1, -0.05) is 49.9 Å². The van der Waals surface area contributed by atoms with Gasteiger partial charge in [-0.25, -0.2) is 4.98 Å². The number of rotatable bonds is 7. The lowest BCUT2D eigenvalue weighted by atomic mass is 10.0. The fourth-order valence-electron chi connectivity index (χ4n) is 2.90. The molecule has 1 aromatic heterocycles. The lowest BCUT2D eigenvalue weighted by molar-refractivity contribution is -0.384. The zero-order valence-corrected chi connectivity index (χ0v) is 17.8. The molecule has 10 heteroatoms. The molecule has 3 aromatic rings. The van der Waals surface area contributed by atoms with Gasteiger partial charge in [0, 0.05) is 30.1 Å². The van der Waals surface area contributed by atoms with E-state index in [0.29, 0.717) is 11.1 Å². The van der Waals surface area contributed by atoms with Crippen molar-refractivity contribution < 1.29 is 14.5 Å². The lowest BCUT2D eigenvalue weighted by Gasteiger charge is -2.15. The Morgan fingerprint density at radius 2 is 1.94 bits per heavy atom. The van der Waals surface area contributed by atoms with E-state index in [0.717, 1.165) is 17.3 Å². The van der Waals surface area contributed by atoms with E-state index in [1.807, 2.05) is 29.0 Å². The van der Waals surface area contributed by atoms with Gasteiger partial charge in [-0.15, -0.1) is 0 Å². The number of nitrogens with zero attached hydrogens (tertiary/aromatic N) is 3. The van der Waals surface area contributed by atoms with Crippen LogP contribution in [-0.4, -0.2) is 32.0 Å². The Hall–Kier alpha value is -3.66. The predicted molar refractivity (Wildman–Crippen MR) is 117 cm³/mol. The third-order valence-corrected chi connectivity index (χ3v) is 5.36. The van der Waals surface area contributed by atoms with Gasteiger partial charge in [0.2, 0.25) is 5.91 Å². The molecular weight excluding hydrogens is 418 g/mol. The van der Waals surface area contributed by atoms with E-state index in [2.05, 4.69) is 35.7 Å². The molecule has 0 saturated carbocycles. The Morgan fingerprint density at radius 1 is 1.16 bits per heavy atom. The number of para-hydroxylation sites is 1. The second-order valence-corrected chi connectivity index (χ2v) is 7.83. The lowest BCUT2D eigenvalue weighted by Crippen LogP contribution is -2.42. The maximum Gasteiger partial charge on any atom is 0.270 e. The average Bonchev–Trinajstić information content (AvgIpc) is 3.24. The van der Waals surface area contributed by atoms with Gasteiger partial charge in [-0.05, 0) is 23.6 Å². The van der Waals surface area contributed by atoms with Crippen LogP contribution >= 0.6 is 11.8 Å². The minimum Gasteiger partial charge on any atom is -0.295 e. The summed E-state index contributed by atoms with van der Waals surface area (Å²) in [6.07, 6.45) is 3.51. The summed E-state index contributed by atoms with van der Waals surface area (Å²) in [5.41, 5.74) is 6.61. The molecule has 2 aromatic carbocycles. The maximum absolute atomic E-state index is 12.2. The van der Waals surface area contributed by atoms with E-state index in [4.69, 9.17) is 0 Å². The molecule has 0 fully saturated rings. The third-order valence-electron chi connectivity index (χ3n) is 4.39. The van der Waals surface area contributed by atoms with Crippen LogP contribution in [0.4, 0.5) is 5.69 Å². The van der Waals surface area contributed by atoms with E-state index < -0.39 is 16.7 Å². The number of nitro benzene ring substituents is 1. The standard InChI is InChI=1S/C21H21N5O4S/c1-14(2)17-8-3-4-9-18(17)25-11-10-22-21(25)31-13-19(27)23-24-20(28)15-6-5-7-16(12-15)26(29)30/h3-12,14H,13H2,1-2H3,(H,23,27)(H,24,28). The molecule has 160 valence electrons. The highest BCUT2D eigenvalue weighted by Gasteiger charge is 2.15. The minimum atomic E-state index is -0.644. The van der Waals surface area contributed by atoms with Crippen LogP contribution in [0.15, 0.2) is 66.1 Å². The summed E-state index contributed by atoms with van der Waals surface area (Å²) in [4.78, 5) is 38.9. The van der Waals surface area contributed by atoms with Crippen LogP contribution in [0.2, 0.25) is 0 Å². The Kier molecular flexibility index (Phi) is 7.03. The van der Waals surface area contributed by atoms with Gasteiger partial charge >= 0.3 is 0 Å². The number of nitrogens with one attached hydrogen (secondary N) is 2. The summed E-state index contributed by atoms with van der Waals surface area (Å²) in [5, 5.41) is 11.5. The second kappa shape index (κ2) is 9.90. The topological polar surface area (TPSA) is 119 Å². The van der Waals surface area contributed by atoms with Gasteiger partial charge in [0.15, 0.2) is 5.16 Å². The molecular formula is C21H21N5O4S. The van der Waals surface area contributed by atoms with Crippen molar-refractivity contribution in [2.45, 2.75) is 24.9 Å². The van der Waals surface area contributed by atoms with Gasteiger partial charge in [0.1, 0.15) is 0 Å². The minimum absolute atomic E-state index is 0.0239. The molecule has 9 nitrogen and oxygen atoms in total. The maximum atomic E-state index is 12.2. The second-order valence-electron chi connectivity index (χ2n) is 6.89. The van der Waals surface area contributed by atoms with E-state index in [-0.39, 0.29) is 17.0 Å². The van der Waals surface area contributed by atoms with Crippen LogP contribution in [0, 0.1) is 10.1 Å². The summed E-state index contributed by atoms with van der Waals surface area (Å²) >= 11 is 1.23. The molecule has 0 unspecified atom stereocenters. The zero-order chi connectivity index (χ0) is 22.4. The van der Waals surface area contributed by atoms with Crippen molar-refractivity contribution in [2.75, 3.05) is 5.75 Å². The summed E-state index contributed by atoms with van der Waals surface area (Å²) in [5.74, 6) is -0.732. The molecule has 3 rings (SSSR count). The molecule has 0 aliphatic carbocycles. The number of carbonyl (C=O) groups excluding carboxylic acids is 2. The molecule has 1 heterocycles. The number of hydrazine groups is 1. The zero-order valence-electron chi connectivity index (χ0n) is 16.9. The average molecular weight is 439 g/mol. The number of non-ortho nitro benzene ring substituents is 1. The van der Waals surface area contributed by atoms with Crippen LogP contribution in [0.5, 0.6) is 0 Å². The van der Waals surface area contributed by atoms with Crippen molar-refractivity contribution in [1.29, 1.82) is 0 Å². The Balaban J connectivity index is 1.59. The number of benzene rings is 2. The quantitative estimate of drug-likeness (QED) is 0.331. The highest BCUT2D eigenvalue weighted by Crippen LogP contribution is 2.27. The number of imidazole rings is 1. The number of thioether (sulfide) groups is 1. The summed E-state index contributed by atoms with van der Waals surface area (Å²) in [7, 11) is 0. The van der Waals surface area contributed by atoms with Crippen LogP contribution in [0.25, 0.3) is 5.69 Å². The number of nitro groups is 1. The first-order valence-corrected chi connectivity index (χ1v) is 10.4. The molecule has 2 amide bonds. The van der Waals surface area contributed by atoms with Crippen LogP contribution in [0.3, 0.4) is 0 Å². The molecule has 0 bridgehead atoms. The normalized spacial score (nSPS) is 10.7. The first-order valence-electron chi connectivity index (χ1n) is 9.46. The molecule has 0 saturated heterocycles. The largest absolute Gasteiger partial charge is 0.295 e. The van der Waals surface area contributed by atoms with Crippen molar-refractivity contribution >= 4 is 29.3 Å². The number of aromatic nitrogens is 2. The molecule has 0 aliphatic heterocycles. The molecule has 0 radical (unpaired) electrons. The molecule has 2 N–H and O–H groups in total. The fraction of sp³-hybridized carbons (Fsp3) is 0.190.